The van der Waals surface area contributed by atoms with E-state index in [2.05, 4.69) is 20.7 Å². The quantitative estimate of drug-likeness (QED) is 0.774. The van der Waals surface area contributed by atoms with Crippen molar-refractivity contribution in [2.75, 3.05) is 6.54 Å². The molecule has 0 saturated heterocycles. The maximum absolute atomic E-state index is 12.9. The standard InChI is InChI=1S/C12H15BrFNO4S/c1-2-3-8(12(16)17)7-15-20(18,19)11-5-4-9(14)6-10(11)13/h4-6,8,15H,2-3,7H2,1H3,(H,16,17). The minimum Gasteiger partial charge on any atom is -0.481 e. The number of hydrogen-bond donors (Lipinski definition) is 2. The predicted octanol–water partition coefficient (Wildman–Crippen LogP) is 2.37. The normalized spacial score (nSPS) is 13.2. The lowest BCUT2D eigenvalue weighted by Gasteiger charge is -2.13. The lowest BCUT2D eigenvalue weighted by Crippen LogP contribution is -2.33. The highest BCUT2D eigenvalue weighted by Crippen LogP contribution is 2.22. The molecule has 2 N–H and O–H groups in total. The number of sulfonamides is 1. The highest BCUT2D eigenvalue weighted by Gasteiger charge is 2.22. The van der Waals surface area contributed by atoms with Crippen LogP contribution in [0.2, 0.25) is 0 Å². The third-order valence-corrected chi connectivity index (χ3v) is 5.09. The van der Waals surface area contributed by atoms with E-state index in [1.807, 2.05) is 6.92 Å². The van der Waals surface area contributed by atoms with Gasteiger partial charge in [-0.05, 0) is 40.5 Å². The largest absolute Gasteiger partial charge is 0.481 e. The Kier molecular flexibility index (Phi) is 6.09. The summed E-state index contributed by atoms with van der Waals surface area (Å²) in [5, 5.41) is 8.97. The Bertz CT molecular complexity index is 591. The molecule has 8 heteroatoms. The van der Waals surface area contributed by atoms with E-state index >= 15 is 0 Å². The van der Waals surface area contributed by atoms with E-state index in [0.717, 1.165) is 18.2 Å². The number of rotatable bonds is 7. The number of carboxylic acids is 1. The summed E-state index contributed by atoms with van der Waals surface area (Å²) >= 11 is 2.97. The van der Waals surface area contributed by atoms with Crippen molar-refractivity contribution in [2.24, 2.45) is 5.92 Å². The van der Waals surface area contributed by atoms with Gasteiger partial charge in [-0.15, -0.1) is 0 Å². The summed E-state index contributed by atoms with van der Waals surface area (Å²) in [6, 6.07) is 3.19. The predicted molar refractivity (Wildman–Crippen MR) is 75.3 cm³/mol. The molecule has 0 aliphatic carbocycles. The number of carbonyl (C=O) groups is 1. The van der Waals surface area contributed by atoms with Crippen LogP contribution in [0.5, 0.6) is 0 Å². The Morgan fingerprint density at radius 2 is 2.15 bits per heavy atom. The Morgan fingerprint density at radius 3 is 2.65 bits per heavy atom. The summed E-state index contributed by atoms with van der Waals surface area (Å²) in [7, 11) is -3.88. The van der Waals surface area contributed by atoms with Gasteiger partial charge in [0.05, 0.1) is 10.8 Å². The lowest BCUT2D eigenvalue weighted by atomic mass is 10.1. The maximum atomic E-state index is 12.9. The Morgan fingerprint density at radius 1 is 1.50 bits per heavy atom. The van der Waals surface area contributed by atoms with Gasteiger partial charge in [-0.3, -0.25) is 4.79 Å². The zero-order chi connectivity index (χ0) is 15.3. The van der Waals surface area contributed by atoms with Gasteiger partial charge in [-0.1, -0.05) is 13.3 Å². The van der Waals surface area contributed by atoms with Crippen molar-refractivity contribution in [2.45, 2.75) is 24.7 Å². The third kappa shape index (κ3) is 4.53. The van der Waals surface area contributed by atoms with Crippen molar-refractivity contribution in [3.63, 3.8) is 0 Å². The average molecular weight is 368 g/mol. The summed E-state index contributed by atoms with van der Waals surface area (Å²) in [4.78, 5) is 10.8. The van der Waals surface area contributed by atoms with Crippen molar-refractivity contribution >= 4 is 31.9 Å². The zero-order valence-electron chi connectivity index (χ0n) is 10.8. The molecule has 1 aromatic carbocycles. The number of benzene rings is 1. The summed E-state index contributed by atoms with van der Waals surface area (Å²) in [5.74, 6) is -2.40. The maximum Gasteiger partial charge on any atom is 0.307 e. The molecule has 1 unspecified atom stereocenters. The molecule has 1 rings (SSSR count). The molecule has 5 nitrogen and oxygen atoms in total. The van der Waals surface area contributed by atoms with E-state index in [1.165, 1.54) is 0 Å². The Balaban J connectivity index is 2.87. The first-order valence-corrected chi connectivity index (χ1v) is 8.23. The van der Waals surface area contributed by atoms with Crippen LogP contribution in [-0.2, 0) is 14.8 Å². The highest BCUT2D eigenvalue weighted by molar-refractivity contribution is 9.10. The van der Waals surface area contributed by atoms with Crippen molar-refractivity contribution < 1.29 is 22.7 Å². The minimum absolute atomic E-state index is 0.0902. The van der Waals surface area contributed by atoms with E-state index in [1.54, 1.807) is 0 Å². The molecular formula is C12H15BrFNO4S. The number of aliphatic carboxylic acids is 1. The second kappa shape index (κ2) is 7.14. The molecule has 1 atom stereocenters. The van der Waals surface area contributed by atoms with Crippen LogP contribution in [0, 0.1) is 11.7 Å². The third-order valence-electron chi connectivity index (χ3n) is 2.69. The first-order valence-electron chi connectivity index (χ1n) is 5.95. The van der Waals surface area contributed by atoms with Crippen LogP contribution >= 0.6 is 15.9 Å². The highest BCUT2D eigenvalue weighted by atomic mass is 79.9. The SMILES string of the molecule is CCCC(CNS(=O)(=O)c1ccc(F)cc1Br)C(=O)O. The Labute approximate surface area is 125 Å². The van der Waals surface area contributed by atoms with Gasteiger partial charge >= 0.3 is 5.97 Å². The number of halogens is 2. The number of nitrogens with one attached hydrogen (secondary N) is 1. The molecule has 0 radical (unpaired) electrons. The van der Waals surface area contributed by atoms with Crippen LogP contribution < -0.4 is 4.72 Å². The van der Waals surface area contributed by atoms with E-state index in [9.17, 15) is 17.6 Å². The minimum atomic E-state index is -3.88. The molecule has 0 aromatic heterocycles. The van der Waals surface area contributed by atoms with Gasteiger partial charge in [-0.2, -0.15) is 0 Å². The second-order valence-corrected chi connectivity index (χ2v) is 6.84. The van der Waals surface area contributed by atoms with Crippen LogP contribution in [0.1, 0.15) is 19.8 Å². The van der Waals surface area contributed by atoms with E-state index < -0.39 is 27.7 Å². The molecule has 0 fully saturated rings. The van der Waals surface area contributed by atoms with Crippen LogP contribution in [0.25, 0.3) is 0 Å². The zero-order valence-corrected chi connectivity index (χ0v) is 13.2. The number of carboxylic acid groups (broad SMARTS) is 1. The summed E-state index contributed by atoms with van der Waals surface area (Å²) in [6.45, 7) is 1.62. The molecule has 0 spiro atoms. The fourth-order valence-electron chi connectivity index (χ4n) is 1.64. The van der Waals surface area contributed by atoms with E-state index in [0.29, 0.717) is 12.8 Å². The molecule has 1 aromatic rings. The van der Waals surface area contributed by atoms with Crippen LogP contribution in [0.3, 0.4) is 0 Å². The van der Waals surface area contributed by atoms with Crippen LogP contribution in [-0.4, -0.2) is 26.0 Å². The van der Waals surface area contributed by atoms with E-state index in [-0.39, 0.29) is 15.9 Å². The molecule has 0 heterocycles. The van der Waals surface area contributed by atoms with Gasteiger partial charge < -0.3 is 5.11 Å². The molecule has 0 bridgehead atoms. The first kappa shape index (κ1) is 17.1. The summed E-state index contributed by atoms with van der Waals surface area (Å²) in [5.41, 5.74) is 0. The molecular weight excluding hydrogens is 353 g/mol. The van der Waals surface area contributed by atoms with Gasteiger partial charge in [0.25, 0.3) is 0 Å². The van der Waals surface area contributed by atoms with Crippen molar-refractivity contribution in [3.05, 3.63) is 28.5 Å². The summed E-state index contributed by atoms with van der Waals surface area (Å²) in [6.07, 6.45) is 1.02. The van der Waals surface area contributed by atoms with Crippen molar-refractivity contribution in [1.82, 2.24) is 4.72 Å². The second-order valence-electron chi connectivity index (χ2n) is 4.25. The smallest absolute Gasteiger partial charge is 0.307 e. The molecule has 0 aliphatic heterocycles. The van der Waals surface area contributed by atoms with Crippen LogP contribution in [0.4, 0.5) is 4.39 Å². The Hall–Kier alpha value is -0.990. The average Bonchev–Trinajstić information content (AvgIpc) is 2.33. The van der Waals surface area contributed by atoms with Gasteiger partial charge in [-0.25, -0.2) is 17.5 Å². The van der Waals surface area contributed by atoms with Gasteiger partial charge in [0.1, 0.15) is 5.82 Å². The molecule has 112 valence electrons. The van der Waals surface area contributed by atoms with Crippen molar-refractivity contribution in [3.8, 4) is 0 Å². The number of hydrogen-bond acceptors (Lipinski definition) is 3. The van der Waals surface area contributed by atoms with Gasteiger partial charge in [0.15, 0.2) is 0 Å². The van der Waals surface area contributed by atoms with Gasteiger partial charge in [0, 0.05) is 11.0 Å². The van der Waals surface area contributed by atoms with Crippen LogP contribution in [0.15, 0.2) is 27.6 Å². The molecule has 0 aliphatic rings. The topological polar surface area (TPSA) is 83.5 Å². The summed E-state index contributed by atoms with van der Waals surface area (Å²) < 4.78 is 39.3. The monoisotopic (exact) mass is 367 g/mol. The van der Waals surface area contributed by atoms with Gasteiger partial charge in [0.2, 0.25) is 10.0 Å². The molecule has 0 amide bonds. The van der Waals surface area contributed by atoms with Crippen molar-refractivity contribution in [1.29, 1.82) is 0 Å². The first-order chi connectivity index (χ1) is 9.27. The molecule has 20 heavy (non-hydrogen) atoms. The lowest BCUT2D eigenvalue weighted by molar-refractivity contribution is -0.141. The van der Waals surface area contributed by atoms with E-state index in [4.69, 9.17) is 5.11 Å². The fraction of sp³-hybridized carbons (Fsp3) is 0.417. The fourth-order valence-corrected chi connectivity index (χ4v) is 3.77. The molecule has 0 saturated carbocycles.